The Kier molecular flexibility index (Phi) is 2.61. The van der Waals surface area contributed by atoms with Crippen molar-refractivity contribution in [1.82, 2.24) is 9.80 Å². The molecule has 3 aliphatic heterocycles. The Labute approximate surface area is 118 Å². The summed E-state index contributed by atoms with van der Waals surface area (Å²) in [4.78, 5) is 9.74. The number of hydrogen-bond donors (Lipinski definition) is 0. The van der Waals surface area contributed by atoms with Crippen molar-refractivity contribution in [2.75, 3.05) is 33.2 Å². The highest BCUT2D eigenvalue weighted by atomic mass is 35.5. The van der Waals surface area contributed by atoms with E-state index in [-0.39, 0.29) is 0 Å². The lowest BCUT2D eigenvalue weighted by Crippen LogP contribution is -2.32. The molecule has 0 bridgehead atoms. The van der Waals surface area contributed by atoms with Crippen molar-refractivity contribution >= 4 is 23.1 Å². The van der Waals surface area contributed by atoms with Gasteiger partial charge in [0, 0.05) is 37.6 Å². The van der Waals surface area contributed by atoms with Crippen molar-refractivity contribution in [2.45, 2.75) is 6.42 Å². The van der Waals surface area contributed by atoms with E-state index in [9.17, 15) is 0 Å². The van der Waals surface area contributed by atoms with Crippen molar-refractivity contribution in [3.05, 3.63) is 28.8 Å². The van der Waals surface area contributed by atoms with Gasteiger partial charge in [0.25, 0.3) is 0 Å². The molecule has 19 heavy (non-hydrogen) atoms. The fraction of sp³-hybridized carbons (Fsp3) is 0.533. The topological polar surface area (TPSA) is 18.8 Å². The van der Waals surface area contributed by atoms with Crippen molar-refractivity contribution < 1.29 is 0 Å². The number of fused-ring (bicyclic) bond motifs is 2. The number of likely N-dealkylation sites (tertiary alicyclic amines) is 2. The van der Waals surface area contributed by atoms with Gasteiger partial charge in [0.05, 0.1) is 5.69 Å². The first-order valence-electron chi connectivity index (χ1n) is 6.98. The third-order valence-electron chi connectivity index (χ3n) is 4.68. The Balaban J connectivity index is 1.53. The zero-order valence-electron chi connectivity index (χ0n) is 11.1. The fourth-order valence-corrected chi connectivity index (χ4v) is 3.93. The lowest BCUT2D eigenvalue weighted by Gasteiger charge is -2.20. The highest BCUT2D eigenvalue weighted by Gasteiger charge is 2.40. The van der Waals surface area contributed by atoms with Crippen molar-refractivity contribution in [3.63, 3.8) is 0 Å². The fourth-order valence-electron chi connectivity index (χ4n) is 3.76. The minimum absolute atomic E-state index is 0.781. The summed E-state index contributed by atoms with van der Waals surface area (Å²) in [5, 5.41) is 0.781. The summed E-state index contributed by atoms with van der Waals surface area (Å²) in [5.41, 5.74) is 2.38. The quantitative estimate of drug-likeness (QED) is 0.724. The minimum atomic E-state index is 0.781. The molecule has 0 N–H and O–H groups in total. The molecule has 0 aromatic heterocycles. The van der Waals surface area contributed by atoms with Crippen molar-refractivity contribution in [3.8, 4) is 0 Å². The molecule has 3 nitrogen and oxygen atoms in total. The highest BCUT2D eigenvalue weighted by Crippen LogP contribution is 2.35. The average molecular weight is 276 g/mol. The van der Waals surface area contributed by atoms with Crippen LogP contribution in [0, 0.1) is 11.8 Å². The predicted octanol–water partition coefficient (Wildman–Crippen LogP) is 2.42. The molecule has 2 fully saturated rings. The van der Waals surface area contributed by atoms with E-state index < -0.39 is 0 Å². The first kappa shape index (κ1) is 11.7. The third-order valence-corrected chi connectivity index (χ3v) is 4.91. The van der Waals surface area contributed by atoms with E-state index in [1.54, 1.807) is 0 Å². The number of amidine groups is 1. The number of aliphatic imine (C=N–C) groups is 1. The number of halogens is 1. The Morgan fingerprint density at radius 3 is 2.63 bits per heavy atom. The van der Waals surface area contributed by atoms with E-state index in [2.05, 4.69) is 22.9 Å². The molecule has 0 aliphatic carbocycles. The Hall–Kier alpha value is -1.06. The summed E-state index contributed by atoms with van der Waals surface area (Å²) in [7, 11) is 2.23. The van der Waals surface area contributed by atoms with E-state index in [0.717, 1.165) is 29.0 Å². The molecular weight excluding hydrogens is 258 g/mol. The van der Waals surface area contributed by atoms with Crippen LogP contribution in [0.5, 0.6) is 0 Å². The van der Waals surface area contributed by atoms with Gasteiger partial charge in [0.15, 0.2) is 0 Å². The molecular formula is C15H18ClN3. The summed E-state index contributed by atoms with van der Waals surface area (Å²) < 4.78 is 0. The molecule has 1 aromatic carbocycles. The number of benzene rings is 1. The van der Waals surface area contributed by atoms with Crippen LogP contribution in [-0.2, 0) is 6.42 Å². The lowest BCUT2D eigenvalue weighted by atomic mass is 10.0. The van der Waals surface area contributed by atoms with Gasteiger partial charge in [0.1, 0.15) is 5.84 Å². The van der Waals surface area contributed by atoms with Gasteiger partial charge in [0.2, 0.25) is 0 Å². The average Bonchev–Trinajstić information content (AvgIpc) is 2.99. The highest BCUT2D eigenvalue weighted by molar-refractivity contribution is 6.30. The van der Waals surface area contributed by atoms with Gasteiger partial charge >= 0.3 is 0 Å². The molecule has 2 unspecified atom stereocenters. The summed E-state index contributed by atoms with van der Waals surface area (Å²) >= 11 is 6.04. The van der Waals surface area contributed by atoms with Crippen LogP contribution in [0.1, 0.15) is 5.56 Å². The van der Waals surface area contributed by atoms with E-state index in [0.29, 0.717) is 0 Å². The van der Waals surface area contributed by atoms with Gasteiger partial charge in [-0.25, -0.2) is 4.99 Å². The number of nitrogens with zero attached hydrogens (tertiary/aromatic N) is 3. The van der Waals surface area contributed by atoms with Gasteiger partial charge in [-0.2, -0.15) is 0 Å². The van der Waals surface area contributed by atoms with Gasteiger partial charge in [-0.3, -0.25) is 0 Å². The molecule has 0 saturated carbocycles. The maximum Gasteiger partial charge on any atom is 0.109 e. The second-order valence-electron chi connectivity index (χ2n) is 6.12. The molecule has 3 heterocycles. The summed E-state index contributed by atoms with van der Waals surface area (Å²) in [5.74, 6) is 2.91. The lowest BCUT2D eigenvalue weighted by molar-refractivity contribution is 0.347. The summed E-state index contributed by atoms with van der Waals surface area (Å²) in [6, 6.07) is 6.06. The molecule has 4 heteroatoms. The minimum Gasteiger partial charge on any atom is -0.359 e. The van der Waals surface area contributed by atoms with Gasteiger partial charge in [-0.1, -0.05) is 17.7 Å². The van der Waals surface area contributed by atoms with Gasteiger partial charge < -0.3 is 9.80 Å². The van der Waals surface area contributed by atoms with E-state index in [4.69, 9.17) is 16.6 Å². The van der Waals surface area contributed by atoms with E-state index in [1.807, 2.05) is 12.1 Å². The molecule has 0 spiro atoms. The largest absolute Gasteiger partial charge is 0.359 e. The van der Waals surface area contributed by atoms with Crippen molar-refractivity contribution in [1.29, 1.82) is 0 Å². The van der Waals surface area contributed by atoms with Crippen LogP contribution in [0.4, 0.5) is 5.69 Å². The summed E-state index contributed by atoms with van der Waals surface area (Å²) in [6.45, 7) is 4.84. The Morgan fingerprint density at radius 2 is 1.89 bits per heavy atom. The molecule has 1 aromatic rings. The second-order valence-corrected chi connectivity index (χ2v) is 6.56. The standard InChI is InChI=1S/C15H18ClN3/c1-18-6-11-8-19(9-12(11)7-18)15-4-10-2-3-13(16)5-14(10)17-15/h2-3,5,11-12H,4,6-9H2,1H3. The van der Waals surface area contributed by atoms with Crippen molar-refractivity contribution in [2.24, 2.45) is 16.8 Å². The predicted molar refractivity (Wildman–Crippen MR) is 78.3 cm³/mol. The smallest absolute Gasteiger partial charge is 0.109 e. The third kappa shape index (κ3) is 1.96. The van der Waals surface area contributed by atoms with E-state index in [1.165, 1.54) is 37.6 Å². The van der Waals surface area contributed by atoms with Crippen LogP contribution in [-0.4, -0.2) is 48.9 Å². The Bertz CT molecular complexity index is 540. The molecule has 0 radical (unpaired) electrons. The number of hydrogen-bond acceptors (Lipinski definition) is 3. The zero-order chi connectivity index (χ0) is 13.0. The van der Waals surface area contributed by atoms with Gasteiger partial charge in [-0.05, 0) is 36.6 Å². The molecule has 3 aliphatic rings. The first-order chi connectivity index (χ1) is 9.19. The second kappa shape index (κ2) is 4.22. The maximum atomic E-state index is 6.04. The van der Waals surface area contributed by atoms with Crippen LogP contribution in [0.2, 0.25) is 5.02 Å². The van der Waals surface area contributed by atoms with Crippen LogP contribution < -0.4 is 0 Å². The van der Waals surface area contributed by atoms with Crippen LogP contribution in [0.25, 0.3) is 0 Å². The molecule has 2 atom stereocenters. The monoisotopic (exact) mass is 275 g/mol. The van der Waals surface area contributed by atoms with E-state index >= 15 is 0 Å². The normalized spacial score (nSPS) is 29.6. The Morgan fingerprint density at radius 1 is 1.16 bits per heavy atom. The van der Waals surface area contributed by atoms with Crippen LogP contribution in [0.15, 0.2) is 23.2 Å². The number of rotatable bonds is 0. The first-order valence-corrected chi connectivity index (χ1v) is 7.36. The molecule has 0 amide bonds. The van der Waals surface area contributed by atoms with Gasteiger partial charge in [-0.15, -0.1) is 0 Å². The zero-order valence-corrected chi connectivity index (χ0v) is 11.9. The van der Waals surface area contributed by atoms with Crippen LogP contribution in [0.3, 0.4) is 0 Å². The molecule has 2 saturated heterocycles. The SMILES string of the molecule is CN1CC2CN(C3=Nc4cc(Cl)ccc4C3)CC2C1. The summed E-state index contributed by atoms with van der Waals surface area (Å²) in [6.07, 6.45) is 0.974. The molecule has 100 valence electrons. The maximum absolute atomic E-state index is 6.04. The van der Waals surface area contributed by atoms with Crippen LogP contribution >= 0.6 is 11.6 Å². The molecule has 4 rings (SSSR count).